The number of nitrogens with one attached hydrogen (secondary N) is 1. The van der Waals surface area contributed by atoms with Crippen molar-refractivity contribution in [2.45, 2.75) is 44.6 Å². The lowest BCUT2D eigenvalue weighted by Crippen LogP contribution is -2.40. The van der Waals surface area contributed by atoms with Crippen LogP contribution in [0.3, 0.4) is 0 Å². The predicted molar refractivity (Wildman–Crippen MR) is 102 cm³/mol. The molecule has 1 aliphatic rings. The highest BCUT2D eigenvalue weighted by molar-refractivity contribution is 7.89. The normalized spacial score (nSPS) is 14.8. The summed E-state index contributed by atoms with van der Waals surface area (Å²) in [5.74, 6) is -0.197. The summed E-state index contributed by atoms with van der Waals surface area (Å²) in [7, 11) is -1.86. The molecule has 1 saturated carbocycles. The second kappa shape index (κ2) is 8.03. The molecule has 0 spiro atoms. The fourth-order valence-corrected chi connectivity index (χ4v) is 3.80. The molecule has 6 nitrogen and oxygen atoms in total. The Bertz CT molecular complexity index is 731. The van der Waals surface area contributed by atoms with Crippen molar-refractivity contribution in [3.8, 4) is 0 Å². The highest BCUT2D eigenvalue weighted by Gasteiger charge is 2.29. The highest BCUT2D eigenvalue weighted by atomic mass is 35.5. The van der Waals surface area contributed by atoms with Crippen LogP contribution < -0.4 is 10.5 Å². The molecule has 1 aromatic rings. The Balaban J connectivity index is 0.00000312. The third-order valence-electron chi connectivity index (χ3n) is 4.21. The van der Waals surface area contributed by atoms with Gasteiger partial charge in [-0.2, -0.15) is 0 Å². The van der Waals surface area contributed by atoms with Gasteiger partial charge in [0, 0.05) is 25.2 Å². The number of aryl methyl sites for hydroxylation is 1. The first-order valence-electron chi connectivity index (χ1n) is 8.14. The molecule has 142 valence electrons. The first-order valence-corrected chi connectivity index (χ1v) is 9.62. The van der Waals surface area contributed by atoms with E-state index in [9.17, 15) is 13.2 Å². The number of benzene rings is 1. The number of nitrogens with zero attached hydrogens (tertiary/aromatic N) is 1. The first-order chi connectivity index (χ1) is 11.1. The highest BCUT2D eigenvalue weighted by Crippen LogP contribution is 2.24. The number of nitrogens with two attached hydrogens (primary N) is 1. The molecule has 0 aromatic heterocycles. The van der Waals surface area contributed by atoms with Crippen LogP contribution in [-0.2, 0) is 10.0 Å². The van der Waals surface area contributed by atoms with Crippen LogP contribution in [0, 0.1) is 12.3 Å². The fourth-order valence-electron chi connectivity index (χ4n) is 2.47. The van der Waals surface area contributed by atoms with Crippen molar-refractivity contribution >= 4 is 28.3 Å². The van der Waals surface area contributed by atoms with E-state index in [1.807, 2.05) is 13.8 Å². The van der Waals surface area contributed by atoms with Gasteiger partial charge < -0.3 is 10.6 Å². The van der Waals surface area contributed by atoms with E-state index in [1.165, 1.54) is 6.07 Å². The number of halogens is 1. The summed E-state index contributed by atoms with van der Waals surface area (Å²) >= 11 is 0. The molecule has 0 unspecified atom stereocenters. The van der Waals surface area contributed by atoms with Crippen LogP contribution in [0.1, 0.15) is 42.6 Å². The van der Waals surface area contributed by atoms with Gasteiger partial charge in [0.2, 0.25) is 10.0 Å². The van der Waals surface area contributed by atoms with E-state index in [0.29, 0.717) is 18.7 Å². The number of sulfonamides is 1. The van der Waals surface area contributed by atoms with Gasteiger partial charge in [-0.15, -0.1) is 12.4 Å². The van der Waals surface area contributed by atoms with Gasteiger partial charge in [-0.1, -0.05) is 19.9 Å². The van der Waals surface area contributed by atoms with Crippen LogP contribution in [0.5, 0.6) is 0 Å². The molecule has 1 fully saturated rings. The summed E-state index contributed by atoms with van der Waals surface area (Å²) < 4.78 is 27.4. The lowest BCUT2D eigenvalue weighted by molar-refractivity contribution is 0.0739. The molecule has 0 bridgehead atoms. The van der Waals surface area contributed by atoms with Crippen molar-refractivity contribution in [3.05, 3.63) is 29.3 Å². The topological polar surface area (TPSA) is 92.5 Å². The van der Waals surface area contributed by atoms with E-state index >= 15 is 0 Å². The Morgan fingerprint density at radius 3 is 2.48 bits per heavy atom. The van der Waals surface area contributed by atoms with Gasteiger partial charge >= 0.3 is 0 Å². The number of hydrogen-bond acceptors (Lipinski definition) is 4. The average Bonchev–Trinajstić information content (AvgIpc) is 3.29. The molecular formula is C17H28ClN3O3S. The van der Waals surface area contributed by atoms with Gasteiger partial charge in [0.15, 0.2) is 0 Å². The molecule has 0 saturated heterocycles. The predicted octanol–water partition coefficient (Wildman–Crippen LogP) is 1.91. The zero-order chi connectivity index (χ0) is 18.1. The van der Waals surface area contributed by atoms with E-state index < -0.39 is 10.0 Å². The minimum atomic E-state index is -3.58. The summed E-state index contributed by atoms with van der Waals surface area (Å²) in [4.78, 5) is 14.5. The third kappa shape index (κ3) is 5.67. The van der Waals surface area contributed by atoms with Crippen molar-refractivity contribution in [1.82, 2.24) is 9.62 Å². The summed E-state index contributed by atoms with van der Waals surface area (Å²) in [6.07, 6.45) is 1.74. The minimum Gasteiger partial charge on any atom is -0.341 e. The molecule has 8 heteroatoms. The van der Waals surface area contributed by atoms with Crippen LogP contribution in [0.4, 0.5) is 0 Å². The van der Waals surface area contributed by atoms with Crippen molar-refractivity contribution in [2.75, 3.05) is 20.1 Å². The largest absolute Gasteiger partial charge is 0.341 e. The molecule has 0 heterocycles. The maximum absolute atomic E-state index is 12.7. The molecular weight excluding hydrogens is 362 g/mol. The van der Waals surface area contributed by atoms with Crippen LogP contribution in [0.25, 0.3) is 0 Å². The van der Waals surface area contributed by atoms with E-state index in [0.717, 1.165) is 18.4 Å². The zero-order valence-corrected chi connectivity index (χ0v) is 16.8. The molecule has 3 N–H and O–H groups in total. The van der Waals surface area contributed by atoms with Crippen LogP contribution in [-0.4, -0.2) is 45.4 Å². The Labute approximate surface area is 156 Å². The SMILES string of the molecule is Cc1ccc(S(=O)(=O)NC2CC2)cc1C(=O)N(C)CC(C)(C)CN.Cl. The fraction of sp³-hybridized carbons (Fsp3) is 0.588. The second-order valence-electron chi connectivity index (χ2n) is 7.40. The number of rotatable bonds is 7. The maximum atomic E-state index is 12.7. The molecule has 25 heavy (non-hydrogen) atoms. The first kappa shape index (κ1) is 21.9. The summed E-state index contributed by atoms with van der Waals surface area (Å²) in [5.41, 5.74) is 6.69. The number of hydrogen-bond donors (Lipinski definition) is 2. The average molecular weight is 390 g/mol. The summed E-state index contributed by atoms with van der Waals surface area (Å²) in [6, 6.07) is 4.72. The van der Waals surface area contributed by atoms with Crippen molar-refractivity contribution in [2.24, 2.45) is 11.1 Å². The quantitative estimate of drug-likeness (QED) is 0.745. The monoisotopic (exact) mass is 389 g/mol. The molecule has 2 rings (SSSR count). The molecule has 0 radical (unpaired) electrons. The Morgan fingerprint density at radius 1 is 1.36 bits per heavy atom. The lowest BCUT2D eigenvalue weighted by Gasteiger charge is -2.29. The van der Waals surface area contributed by atoms with Gasteiger partial charge in [-0.3, -0.25) is 4.79 Å². The Kier molecular flexibility index (Phi) is 7.03. The third-order valence-corrected chi connectivity index (χ3v) is 5.73. The maximum Gasteiger partial charge on any atom is 0.253 e. The Hall–Kier alpha value is -1.15. The second-order valence-corrected chi connectivity index (χ2v) is 9.12. The van der Waals surface area contributed by atoms with E-state index in [1.54, 1.807) is 31.0 Å². The van der Waals surface area contributed by atoms with E-state index in [4.69, 9.17) is 5.73 Å². The van der Waals surface area contributed by atoms with Gasteiger partial charge in [-0.05, 0) is 49.4 Å². The number of amides is 1. The standard InChI is InChI=1S/C17H27N3O3S.ClH/c1-12-5-8-14(24(22,23)19-13-6-7-13)9-15(12)16(21)20(4)11-17(2,3)10-18;/h5,8-9,13,19H,6-7,10-11,18H2,1-4H3;1H. The molecule has 0 atom stereocenters. The van der Waals surface area contributed by atoms with E-state index in [2.05, 4.69) is 4.72 Å². The molecule has 0 aliphatic heterocycles. The molecule has 1 aromatic carbocycles. The molecule has 1 amide bonds. The number of carbonyl (C=O) groups is 1. The molecule has 1 aliphatic carbocycles. The summed E-state index contributed by atoms with van der Waals surface area (Å²) in [5, 5.41) is 0. The van der Waals surface area contributed by atoms with E-state index in [-0.39, 0.29) is 34.7 Å². The summed E-state index contributed by atoms with van der Waals surface area (Å²) in [6.45, 7) is 6.75. The van der Waals surface area contributed by atoms with Crippen molar-refractivity contribution in [3.63, 3.8) is 0 Å². The van der Waals surface area contributed by atoms with Gasteiger partial charge in [0.05, 0.1) is 4.90 Å². The van der Waals surface area contributed by atoms with Crippen LogP contribution in [0.2, 0.25) is 0 Å². The van der Waals surface area contributed by atoms with Crippen LogP contribution in [0.15, 0.2) is 23.1 Å². The number of carbonyl (C=O) groups excluding carboxylic acids is 1. The Morgan fingerprint density at radius 2 is 1.96 bits per heavy atom. The minimum absolute atomic E-state index is 0. The van der Waals surface area contributed by atoms with Gasteiger partial charge in [0.1, 0.15) is 0 Å². The lowest BCUT2D eigenvalue weighted by atomic mass is 9.93. The van der Waals surface area contributed by atoms with Gasteiger partial charge in [0.25, 0.3) is 5.91 Å². The zero-order valence-electron chi connectivity index (χ0n) is 15.2. The smallest absolute Gasteiger partial charge is 0.253 e. The van der Waals surface area contributed by atoms with Gasteiger partial charge in [-0.25, -0.2) is 13.1 Å². The van der Waals surface area contributed by atoms with Crippen LogP contribution >= 0.6 is 12.4 Å². The van der Waals surface area contributed by atoms with Crippen molar-refractivity contribution < 1.29 is 13.2 Å². The van der Waals surface area contributed by atoms with Crippen molar-refractivity contribution in [1.29, 1.82) is 0 Å².